The molecule has 1 aliphatic heterocycles. The lowest BCUT2D eigenvalue weighted by molar-refractivity contribution is 0.0727. The topological polar surface area (TPSA) is 49.6 Å². The fourth-order valence-corrected chi connectivity index (χ4v) is 3.39. The molecule has 0 spiro atoms. The van der Waals surface area contributed by atoms with Gasteiger partial charge in [0.25, 0.3) is 5.91 Å². The van der Waals surface area contributed by atoms with E-state index in [2.05, 4.69) is 16.0 Å². The van der Waals surface area contributed by atoms with Gasteiger partial charge in [-0.25, -0.2) is 0 Å². The molecule has 0 aromatic carbocycles. The van der Waals surface area contributed by atoms with Gasteiger partial charge in [-0.1, -0.05) is 6.07 Å². The Kier molecular flexibility index (Phi) is 5.93. The van der Waals surface area contributed by atoms with Gasteiger partial charge in [0.2, 0.25) is 0 Å². The molecule has 1 fully saturated rings. The van der Waals surface area contributed by atoms with Crippen LogP contribution in [0.4, 0.5) is 0 Å². The summed E-state index contributed by atoms with van der Waals surface area (Å²) in [6.07, 6.45) is 6.70. The maximum absolute atomic E-state index is 12.6. The first-order chi connectivity index (χ1) is 11.8. The average Bonchev–Trinajstić information content (AvgIpc) is 2.94. The third-order valence-electron chi connectivity index (χ3n) is 4.16. The number of furan rings is 1. The zero-order chi connectivity index (χ0) is 16.8. The molecule has 0 saturated carbocycles. The number of nitrogens with zero attached hydrogens (tertiary/aromatic N) is 3. The van der Waals surface area contributed by atoms with Crippen molar-refractivity contribution >= 4 is 17.7 Å². The Bertz CT molecular complexity index is 659. The maximum atomic E-state index is 12.6. The van der Waals surface area contributed by atoms with Gasteiger partial charge in [-0.05, 0) is 36.4 Å². The Labute approximate surface area is 147 Å². The maximum Gasteiger partial charge on any atom is 0.289 e. The second kappa shape index (κ2) is 8.35. The summed E-state index contributed by atoms with van der Waals surface area (Å²) >= 11 is 1.69. The van der Waals surface area contributed by atoms with Crippen molar-refractivity contribution < 1.29 is 9.21 Å². The third-order valence-corrected chi connectivity index (χ3v) is 4.74. The molecular formula is C18H23N3O2S. The van der Waals surface area contributed by atoms with Crippen LogP contribution < -0.4 is 0 Å². The van der Waals surface area contributed by atoms with E-state index in [1.54, 1.807) is 24.0 Å². The van der Waals surface area contributed by atoms with Crippen LogP contribution in [0.3, 0.4) is 0 Å². The highest BCUT2D eigenvalue weighted by Crippen LogP contribution is 2.16. The summed E-state index contributed by atoms with van der Waals surface area (Å²) in [6, 6.07) is 7.76. The molecule has 3 heterocycles. The SMILES string of the molecule is CSCc1ccc(C(=O)N2CCCN(Cc3cccnc3)CC2)o1. The van der Waals surface area contributed by atoms with Gasteiger partial charge in [0.15, 0.2) is 5.76 Å². The van der Waals surface area contributed by atoms with Crippen LogP contribution in [-0.4, -0.2) is 53.1 Å². The van der Waals surface area contributed by atoms with Crippen LogP contribution in [0, 0.1) is 0 Å². The van der Waals surface area contributed by atoms with E-state index < -0.39 is 0 Å². The molecule has 0 unspecified atom stereocenters. The third kappa shape index (κ3) is 4.39. The second-order valence-corrected chi connectivity index (χ2v) is 6.85. The summed E-state index contributed by atoms with van der Waals surface area (Å²) < 4.78 is 5.67. The van der Waals surface area contributed by atoms with Crippen LogP contribution in [0.1, 0.15) is 28.3 Å². The molecule has 0 atom stereocenters. The fraction of sp³-hybridized carbons (Fsp3) is 0.444. The minimum atomic E-state index is 0.00517. The number of aromatic nitrogens is 1. The monoisotopic (exact) mass is 345 g/mol. The second-order valence-electron chi connectivity index (χ2n) is 5.98. The van der Waals surface area contributed by atoms with Crippen LogP contribution in [-0.2, 0) is 12.3 Å². The predicted molar refractivity (Wildman–Crippen MR) is 96.0 cm³/mol. The number of hydrogen-bond acceptors (Lipinski definition) is 5. The molecule has 1 aliphatic rings. The Balaban J connectivity index is 1.57. The van der Waals surface area contributed by atoms with E-state index in [4.69, 9.17) is 4.42 Å². The number of hydrogen-bond donors (Lipinski definition) is 0. The van der Waals surface area contributed by atoms with Crippen LogP contribution >= 0.6 is 11.8 Å². The van der Waals surface area contributed by atoms with Crippen molar-refractivity contribution in [1.82, 2.24) is 14.8 Å². The number of carbonyl (C=O) groups is 1. The number of rotatable bonds is 5. The van der Waals surface area contributed by atoms with Crippen molar-refractivity contribution in [2.45, 2.75) is 18.7 Å². The lowest BCUT2D eigenvalue weighted by Gasteiger charge is -2.21. The van der Waals surface area contributed by atoms with Crippen molar-refractivity contribution in [3.63, 3.8) is 0 Å². The first kappa shape index (κ1) is 17.0. The normalized spacial score (nSPS) is 16.1. The van der Waals surface area contributed by atoms with Gasteiger partial charge >= 0.3 is 0 Å². The van der Waals surface area contributed by atoms with E-state index in [-0.39, 0.29) is 5.91 Å². The van der Waals surface area contributed by atoms with Crippen LogP contribution in [0.5, 0.6) is 0 Å². The summed E-state index contributed by atoms with van der Waals surface area (Å²) in [5, 5.41) is 0. The molecule has 0 radical (unpaired) electrons. The summed E-state index contributed by atoms with van der Waals surface area (Å²) in [7, 11) is 0. The van der Waals surface area contributed by atoms with Crippen molar-refractivity contribution in [3.8, 4) is 0 Å². The van der Waals surface area contributed by atoms with Gasteiger partial charge in [-0.2, -0.15) is 11.8 Å². The Morgan fingerprint density at radius 3 is 2.96 bits per heavy atom. The molecule has 2 aromatic heterocycles. The molecule has 2 aromatic rings. The fourth-order valence-electron chi connectivity index (χ4n) is 2.95. The van der Waals surface area contributed by atoms with Crippen molar-refractivity contribution in [2.75, 3.05) is 32.4 Å². The highest BCUT2D eigenvalue weighted by molar-refractivity contribution is 7.97. The average molecular weight is 345 g/mol. The van der Waals surface area contributed by atoms with E-state index >= 15 is 0 Å². The number of amides is 1. The summed E-state index contributed by atoms with van der Waals surface area (Å²) in [5.41, 5.74) is 1.21. The molecule has 1 amide bonds. The predicted octanol–water partition coefficient (Wildman–Crippen LogP) is 2.89. The highest BCUT2D eigenvalue weighted by atomic mass is 32.2. The van der Waals surface area contributed by atoms with Crippen LogP contribution in [0.25, 0.3) is 0 Å². The standard InChI is InChI=1S/C18H23N3O2S/c1-24-14-16-5-6-17(23-16)18(22)21-9-3-8-20(10-11-21)13-15-4-2-7-19-12-15/h2,4-7,12H,3,8-11,13-14H2,1H3. The number of pyridine rings is 1. The van der Waals surface area contributed by atoms with Gasteiger partial charge in [-0.15, -0.1) is 0 Å². The molecule has 6 heteroatoms. The number of thioether (sulfide) groups is 1. The molecule has 0 aliphatic carbocycles. The molecule has 128 valence electrons. The van der Waals surface area contributed by atoms with Gasteiger partial charge in [0.05, 0.1) is 5.75 Å². The van der Waals surface area contributed by atoms with Gasteiger partial charge in [-0.3, -0.25) is 14.7 Å². The van der Waals surface area contributed by atoms with E-state index in [1.165, 1.54) is 5.56 Å². The van der Waals surface area contributed by atoms with E-state index in [0.29, 0.717) is 5.76 Å². The van der Waals surface area contributed by atoms with Crippen molar-refractivity contribution in [1.29, 1.82) is 0 Å². The zero-order valence-corrected chi connectivity index (χ0v) is 14.8. The highest BCUT2D eigenvalue weighted by Gasteiger charge is 2.22. The van der Waals surface area contributed by atoms with Crippen LogP contribution in [0.15, 0.2) is 41.1 Å². The van der Waals surface area contributed by atoms with E-state index in [0.717, 1.165) is 50.7 Å². The Morgan fingerprint density at radius 2 is 2.17 bits per heavy atom. The zero-order valence-electron chi connectivity index (χ0n) is 14.0. The molecule has 0 bridgehead atoms. The minimum absolute atomic E-state index is 0.00517. The molecule has 0 N–H and O–H groups in total. The molecular weight excluding hydrogens is 322 g/mol. The van der Waals surface area contributed by atoms with Gasteiger partial charge < -0.3 is 9.32 Å². The smallest absolute Gasteiger partial charge is 0.289 e. The number of carbonyl (C=O) groups excluding carboxylic acids is 1. The molecule has 5 nitrogen and oxygen atoms in total. The first-order valence-corrected chi connectivity index (χ1v) is 9.64. The van der Waals surface area contributed by atoms with Crippen LogP contribution in [0.2, 0.25) is 0 Å². The lowest BCUT2D eigenvalue weighted by Crippen LogP contribution is -2.34. The summed E-state index contributed by atoms with van der Waals surface area (Å²) in [5.74, 6) is 2.12. The molecule has 1 saturated heterocycles. The van der Waals surface area contributed by atoms with Crippen molar-refractivity contribution in [2.24, 2.45) is 0 Å². The molecule has 24 heavy (non-hydrogen) atoms. The Hall–Kier alpha value is -1.79. The van der Waals surface area contributed by atoms with Gasteiger partial charge in [0.1, 0.15) is 5.76 Å². The summed E-state index contributed by atoms with van der Waals surface area (Å²) in [6.45, 7) is 4.26. The van der Waals surface area contributed by atoms with Crippen molar-refractivity contribution in [3.05, 3.63) is 53.7 Å². The quantitative estimate of drug-likeness (QED) is 0.834. The molecule has 3 rings (SSSR count). The Morgan fingerprint density at radius 1 is 1.25 bits per heavy atom. The minimum Gasteiger partial charge on any atom is -0.455 e. The lowest BCUT2D eigenvalue weighted by atomic mass is 10.2. The summed E-state index contributed by atoms with van der Waals surface area (Å²) in [4.78, 5) is 21.1. The van der Waals surface area contributed by atoms with E-state index in [9.17, 15) is 4.79 Å². The van der Waals surface area contributed by atoms with E-state index in [1.807, 2.05) is 29.5 Å². The largest absolute Gasteiger partial charge is 0.455 e. The first-order valence-electron chi connectivity index (χ1n) is 8.24. The van der Waals surface area contributed by atoms with Gasteiger partial charge in [0, 0.05) is 45.1 Å².